The van der Waals surface area contributed by atoms with Crippen LogP contribution in [-0.2, 0) is 20.8 Å². The van der Waals surface area contributed by atoms with Crippen molar-refractivity contribution in [2.24, 2.45) is 0 Å². The molecule has 0 bridgehead atoms. The molecule has 1 heterocycles. The van der Waals surface area contributed by atoms with E-state index in [1.165, 1.54) is 26.0 Å². The molecule has 0 saturated heterocycles. The zero-order chi connectivity index (χ0) is 15.0. The molecule has 0 aliphatic carbocycles. The second kappa shape index (κ2) is 8.67. The lowest BCUT2D eigenvalue weighted by atomic mass is 10.4. The quantitative estimate of drug-likeness (QED) is 0.392. The van der Waals surface area contributed by atoms with Crippen LogP contribution in [0.5, 0.6) is 0 Å². The van der Waals surface area contributed by atoms with Gasteiger partial charge in [-0.05, 0) is 17.4 Å². The van der Waals surface area contributed by atoms with Crippen LogP contribution in [-0.4, -0.2) is 58.4 Å². The summed E-state index contributed by atoms with van der Waals surface area (Å²) in [6.07, 6.45) is 1.18. The van der Waals surface area contributed by atoms with Crippen LogP contribution >= 0.6 is 11.8 Å². The van der Waals surface area contributed by atoms with Gasteiger partial charge in [0.25, 0.3) is 0 Å². The fraction of sp³-hybridized carbons (Fsp3) is 0.636. The van der Waals surface area contributed by atoms with Gasteiger partial charge in [-0.1, -0.05) is 17.8 Å². The average molecular weight is 301 g/mol. The van der Waals surface area contributed by atoms with E-state index in [2.05, 4.69) is 27.4 Å². The van der Waals surface area contributed by atoms with Crippen LogP contribution < -0.4 is 5.32 Å². The molecule has 0 radical (unpaired) electrons. The summed E-state index contributed by atoms with van der Waals surface area (Å²) in [5.74, 6) is -0.0977. The summed E-state index contributed by atoms with van der Waals surface area (Å²) in [5, 5.41) is 14.3. The van der Waals surface area contributed by atoms with E-state index in [9.17, 15) is 4.79 Å². The number of hydrogen-bond donors (Lipinski definition) is 1. The first-order valence-electron chi connectivity index (χ1n) is 5.99. The highest BCUT2D eigenvalue weighted by Crippen LogP contribution is 2.20. The summed E-state index contributed by atoms with van der Waals surface area (Å²) in [5.41, 5.74) is 0. The molecule has 0 aromatic carbocycles. The van der Waals surface area contributed by atoms with Crippen LogP contribution in [0, 0.1) is 0 Å². The van der Waals surface area contributed by atoms with Gasteiger partial charge in [0, 0.05) is 20.8 Å². The number of nitrogens with zero attached hydrogens (tertiary/aromatic N) is 4. The highest BCUT2D eigenvalue weighted by molar-refractivity contribution is 8.00. The Bertz CT molecular complexity index is 435. The van der Waals surface area contributed by atoms with E-state index in [1.54, 1.807) is 17.7 Å². The Hall–Kier alpha value is -1.45. The molecule has 20 heavy (non-hydrogen) atoms. The van der Waals surface area contributed by atoms with Gasteiger partial charge in [0.1, 0.15) is 0 Å². The van der Waals surface area contributed by atoms with Crippen molar-refractivity contribution in [1.29, 1.82) is 0 Å². The first kappa shape index (κ1) is 16.6. The summed E-state index contributed by atoms with van der Waals surface area (Å²) in [4.78, 5) is 11.8. The van der Waals surface area contributed by atoms with Crippen LogP contribution in [0.2, 0.25) is 0 Å². The summed E-state index contributed by atoms with van der Waals surface area (Å²) < 4.78 is 11.7. The molecule has 1 aromatic heterocycles. The number of nitrogens with one attached hydrogen (secondary N) is 1. The van der Waals surface area contributed by atoms with E-state index in [1.807, 2.05) is 0 Å². The molecule has 1 N–H and O–H groups in total. The number of carbonyl (C=O) groups is 1. The number of tetrazole rings is 1. The fourth-order valence-electron chi connectivity index (χ4n) is 1.31. The molecule has 0 saturated carbocycles. The van der Waals surface area contributed by atoms with Crippen molar-refractivity contribution >= 4 is 17.7 Å². The average Bonchev–Trinajstić information content (AvgIpc) is 2.88. The minimum absolute atomic E-state index is 0.0977. The summed E-state index contributed by atoms with van der Waals surface area (Å²) in [6, 6.07) is 0. The second-order valence-corrected chi connectivity index (χ2v) is 5.15. The molecular weight excluding hydrogens is 282 g/mol. The molecule has 1 amide bonds. The van der Waals surface area contributed by atoms with Gasteiger partial charge in [0.2, 0.25) is 11.1 Å². The van der Waals surface area contributed by atoms with Crippen molar-refractivity contribution in [3.63, 3.8) is 0 Å². The highest BCUT2D eigenvalue weighted by Gasteiger charge is 2.19. The van der Waals surface area contributed by atoms with Gasteiger partial charge in [-0.25, -0.2) is 4.68 Å². The fourth-order valence-corrected chi connectivity index (χ4v) is 2.13. The lowest BCUT2D eigenvalue weighted by Crippen LogP contribution is -2.31. The van der Waals surface area contributed by atoms with Gasteiger partial charge in [-0.15, -0.1) is 11.7 Å². The van der Waals surface area contributed by atoms with E-state index in [0.29, 0.717) is 18.2 Å². The number of methoxy groups -OCH3 is 2. The highest BCUT2D eigenvalue weighted by atomic mass is 32.2. The third kappa shape index (κ3) is 4.91. The lowest BCUT2D eigenvalue weighted by molar-refractivity contribution is -0.120. The first-order valence-corrected chi connectivity index (χ1v) is 6.87. The van der Waals surface area contributed by atoms with Crippen LogP contribution in [0.25, 0.3) is 0 Å². The van der Waals surface area contributed by atoms with Crippen molar-refractivity contribution in [1.82, 2.24) is 25.5 Å². The van der Waals surface area contributed by atoms with Gasteiger partial charge < -0.3 is 14.8 Å². The third-order valence-corrected chi connectivity index (χ3v) is 3.49. The maximum Gasteiger partial charge on any atom is 0.233 e. The number of amides is 1. The number of carbonyl (C=O) groups excluding carboxylic acids is 1. The number of rotatable bonds is 9. The van der Waals surface area contributed by atoms with E-state index < -0.39 is 6.29 Å². The van der Waals surface area contributed by atoms with Gasteiger partial charge in [0.05, 0.1) is 11.8 Å². The smallest absolute Gasteiger partial charge is 0.233 e. The Labute approximate surface area is 121 Å². The van der Waals surface area contributed by atoms with Crippen LogP contribution in [0.1, 0.15) is 6.92 Å². The Morgan fingerprint density at radius 3 is 2.85 bits per heavy atom. The number of ether oxygens (including phenoxy) is 2. The van der Waals surface area contributed by atoms with Gasteiger partial charge in [-0.2, -0.15) is 0 Å². The normalized spacial score (nSPS) is 12.4. The molecule has 1 aromatic rings. The monoisotopic (exact) mass is 301 g/mol. The Morgan fingerprint density at radius 2 is 2.25 bits per heavy atom. The largest absolute Gasteiger partial charge is 0.354 e. The SMILES string of the molecule is C=CCNC(=O)C(C)Sc1nnnn1CC(OC)OC. The minimum atomic E-state index is -0.442. The topological polar surface area (TPSA) is 91.2 Å². The lowest BCUT2D eigenvalue weighted by Gasteiger charge is -2.14. The van der Waals surface area contributed by atoms with Crippen molar-refractivity contribution in [2.45, 2.75) is 30.2 Å². The maximum absolute atomic E-state index is 11.8. The number of aromatic nitrogens is 4. The van der Waals surface area contributed by atoms with E-state index in [0.717, 1.165) is 0 Å². The zero-order valence-corrected chi connectivity index (χ0v) is 12.6. The van der Waals surface area contributed by atoms with Gasteiger partial charge >= 0.3 is 0 Å². The van der Waals surface area contributed by atoms with Crippen LogP contribution in [0.3, 0.4) is 0 Å². The molecule has 0 fully saturated rings. The Morgan fingerprint density at radius 1 is 1.55 bits per heavy atom. The molecule has 0 spiro atoms. The Balaban J connectivity index is 2.61. The van der Waals surface area contributed by atoms with Crippen molar-refractivity contribution in [3.05, 3.63) is 12.7 Å². The van der Waals surface area contributed by atoms with Gasteiger partial charge in [0.15, 0.2) is 6.29 Å². The van der Waals surface area contributed by atoms with E-state index >= 15 is 0 Å². The molecule has 1 unspecified atom stereocenters. The van der Waals surface area contributed by atoms with E-state index in [4.69, 9.17) is 9.47 Å². The molecule has 0 aliphatic heterocycles. The number of hydrogen-bond acceptors (Lipinski definition) is 7. The Kier molecular flexibility index (Phi) is 7.20. The molecule has 112 valence electrons. The summed E-state index contributed by atoms with van der Waals surface area (Å²) in [6.45, 7) is 6.12. The zero-order valence-electron chi connectivity index (χ0n) is 11.8. The first-order chi connectivity index (χ1) is 9.62. The third-order valence-electron chi connectivity index (χ3n) is 2.42. The standard InChI is InChI=1S/C11H19N5O3S/c1-5-6-12-10(17)8(2)20-11-13-14-15-16(11)7-9(18-3)19-4/h5,8-9H,1,6-7H2,2-4H3,(H,12,17). The number of thioether (sulfide) groups is 1. The predicted octanol–water partition coefficient (Wildman–Crippen LogP) is 0.0748. The van der Waals surface area contributed by atoms with Crippen molar-refractivity contribution < 1.29 is 14.3 Å². The maximum atomic E-state index is 11.8. The summed E-state index contributed by atoms with van der Waals surface area (Å²) in [7, 11) is 3.08. The van der Waals surface area contributed by atoms with Gasteiger partial charge in [-0.3, -0.25) is 4.79 Å². The summed E-state index contributed by atoms with van der Waals surface area (Å²) >= 11 is 1.27. The minimum Gasteiger partial charge on any atom is -0.354 e. The van der Waals surface area contributed by atoms with Crippen molar-refractivity contribution in [3.8, 4) is 0 Å². The van der Waals surface area contributed by atoms with Crippen LogP contribution in [0.4, 0.5) is 0 Å². The molecule has 1 atom stereocenters. The molecular formula is C11H19N5O3S. The second-order valence-electron chi connectivity index (χ2n) is 3.84. The van der Waals surface area contributed by atoms with Crippen molar-refractivity contribution in [2.75, 3.05) is 20.8 Å². The van der Waals surface area contributed by atoms with E-state index in [-0.39, 0.29) is 11.2 Å². The molecule has 1 rings (SSSR count). The predicted molar refractivity (Wildman–Crippen MR) is 74.1 cm³/mol. The van der Waals surface area contributed by atoms with Crippen LogP contribution in [0.15, 0.2) is 17.8 Å². The molecule has 8 nitrogen and oxygen atoms in total. The molecule has 0 aliphatic rings. The molecule has 9 heteroatoms.